The third kappa shape index (κ3) is 7.60. The van der Waals surface area contributed by atoms with Crippen LogP contribution >= 0.6 is 34.0 Å². The molecule has 3 aliphatic rings. The molecular weight excluding hydrogens is 785 g/mol. The molecule has 0 N–H and O–H groups in total. The monoisotopic (exact) mass is 838 g/mol. The van der Waals surface area contributed by atoms with E-state index in [-0.39, 0.29) is 33.2 Å². The Morgan fingerprint density at radius 1 is 0.475 bits per heavy atom. The van der Waals surface area contributed by atoms with Crippen molar-refractivity contribution in [2.24, 2.45) is 21.7 Å². The van der Waals surface area contributed by atoms with E-state index < -0.39 is 0 Å². The minimum atomic E-state index is -0.386. The van der Waals surface area contributed by atoms with E-state index in [1.165, 1.54) is 20.2 Å². The van der Waals surface area contributed by atoms with Gasteiger partial charge >= 0.3 is 0 Å². The van der Waals surface area contributed by atoms with Crippen molar-refractivity contribution < 1.29 is 19.1 Å². The van der Waals surface area contributed by atoms with Crippen molar-refractivity contribution in [3.8, 4) is 11.5 Å². The van der Waals surface area contributed by atoms with Crippen LogP contribution in [-0.4, -0.2) is 24.8 Å². The van der Waals surface area contributed by atoms with Crippen molar-refractivity contribution in [3.63, 3.8) is 0 Å². The van der Waals surface area contributed by atoms with E-state index in [0.717, 1.165) is 75.6 Å². The molecule has 0 atom stereocenters. The lowest BCUT2D eigenvalue weighted by Crippen LogP contribution is -2.28. The van der Waals surface area contributed by atoms with Crippen molar-refractivity contribution in [2.45, 2.75) is 83.1 Å². The maximum Gasteiger partial charge on any atom is 0.186 e. The Bertz CT molecular complexity index is 2440. The predicted octanol–water partition coefficient (Wildman–Crippen LogP) is 14.6. The van der Waals surface area contributed by atoms with Crippen LogP contribution in [0.15, 0.2) is 118 Å². The number of allylic oxidation sites excluding steroid dienone is 10. The first kappa shape index (κ1) is 41.2. The summed E-state index contributed by atoms with van der Waals surface area (Å²) < 4.78 is 15.9. The summed E-state index contributed by atoms with van der Waals surface area (Å²) in [5.74, 6) is 1.64. The average Bonchev–Trinajstić information content (AvgIpc) is 3.87. The number of rotatable bonds is 4. The molecule has 1 aliphatic heterocycles. The van der Waals surface area contributed by atoms with Gasteiger partial charge in [-0.25, -0.2) is 0 Å². The lowest BCUT2D eigenvalue weighted by Gasteiger charge is -2.32. The number of hydrogen-bond acceptors (Lipinski definition) is 7. The largest absolute Gasteiger partial charge is 0.485 e. The number of carbonyl (C=O) groups is 2. The Morgan fingerprint density at radius 2 is 0.797 bits per heavy atom. The maximum absolute atomic E-state index is 14.3. The first-order chi connectivity index (χ1) is 27.6. The van der Waals surface area contributed by atoms with Crippen LogP contribution in [0.5, 0.6) is 11.5 Å². The van der Waals surface area contributed by atoms with Crippen molar-refractivity contribution in [2.75, 3.05) is 13.2 Å². The van der Waals surface area contributed by atoms with Gasteiger partial charge in [0.25, 0.3) is 0 Å². The molecule has 4 heterocycles. The van der Waals surface area contributed by atoms with Crippen molar-refractivity contribution in [1.82, 2.24) is 0 Å². The van der Waals surface area contributed by atoms with E-state index in [1.54, 1.807) is 34.0 Å². The van der Waals surface area contributed by atoms with Crippen LogP contribution in [0.25, 0.3) is 31.3 Å². The number of benzene rings is 2. The summed E-state index contributed by atoms with van der Waals surface area (Å²) in [7, 11) is 0. The molecule has 3 aromatic heterocycles. The highest BCUT2D eigenvalue weighted by molar-refractivity contribution is 7.22. The fourth-order valence-corrected chi connectivity index (χ4v) is 11.8. The molecule has 4 nitrogen and oxygen atoms in total. The van der Waals surface area contributed by atoms with Crippen LogP contribution in [0.4, 0.5) is 0 Å². The van der Waals surface area contributed by atoms with E-state index in [0.29, 0.717) is 13.2 Å². The van der Waals surface area contributed by atoms with Gasteiger partial charge in [-0.15, -0.1) is 34.0 Å². The van der Waals surface area contributed by atoms with E-state index >= 15 is 0 Å². The number of ether oxygens (including phenoxy) is 2. The van der Waals surface area contributed by atoms with Gasteiger partial charge in [0.05, 0.1) is 9.75 Å². The molecule has 0 saturated carbocycles. The van der Waals surface area contributed by atoms with Gasteiger partial charge < -0.3 is 9.47 Å². The Kier molecular flexibility index (Phi) is 10.2. The quantitative estimate of drug-likeness (QED) is 0.181. The molecule has 2 aromatic carbocycles. The van der Waals surface area contributed by atoms with Crippen molar-refractivity contribution >= 4 is 76.9 Å². The van der Waals surface area contributed by atoms with Crippen LogP contribution in [0, 0.1) is 21.7 Å². The lowest BCUT2D eigenvalue weighted by atomic mass is 9.71. The summed E-state index contributed by atoms with van der Waals surface area (Å²) in [5.41, 5.74) is 5.65. The van der Waals surface area contributed by atoms with Gasteiger partial charge in [-0.05, 0) is 92.1 Å². The molecule has 7 heteroatoms. The third-order valence-corrected chi connectivity index (χ3v) is 14.6. The summed E-state index contributed by atoms with van der Waals surface area (Å²) >= 11 is 5.20. The van der Waals surface area contributed by atoms with Crippen LogP contribution in [0.2, 0.25) is 0 Å². The number of Topliss-reactive ketones (excluding diaryl/α,β-unsaturated/α-hetero) is 2. The molecule has 0 unspecified atom stereocenters. The van der Waals surface area contributed by atoms with Gasteiger partial charge in [0.15, 0.2) is 23.1 Å². The Labute approximate surface area is 361 Å². The lowest BCUT2D eigenvalue weighted by molar-refractivity contribution is -0.114. The summed E-state index contributed by atoms with van der Waals surface area (Å²) in [4.78, 5) is 32.7. The van der Waals surface area contributed by atoms with E-state index in [9.17, 15) is 9.59 Å². The van der Waals surface area contributed by atoms with Crippen LogP contribution in [-0.2, 0) is 9.59 Å². The van der Waals surface area contributed by atoms with Gasteiger partial charge in [-0.2, -0.15) is 0 Å². The summed E-state index contributed by atoms with van der Waals surface area (Å²) in [6.07, 6.45) is 8.51. The number of carbonyl (C=O) groups excluding carboxylic acids is 2. The summed E-state index contributed by atoms with van der Waals surface area (Å²) in [5, 5.41) is 2.33. The molecule has 5 aromatic rings. The fraction of sp³-hybridized carbons (Fsp3) is 0.346. The van der Waals surface area contributed by atoms with E-state index in [4.69, 9.17) is 9.47 Å². The smallest absolute Gasteiger partial charge is 0.186 e. The first-order valence-electron chi connectivity index (χ1n) is 20.5. The maximum atomic E-state index is 14.3. The van der Waals surface area contributed by atoms with Crippen molar-refractivity contribution in [3.05, 3.63) is 138 Å². The molecule has 0 saturated heterocycles. The molecule has 0 radical (unpaired) electrons. The zero-order chi connectivity index (χ0) is 42.4. The summed E-state index contributed by atoms with van der Waals surface area (Å²) in [6.45, 7) is 26.3. The minimum absolute atomic E-state index is 0.101. The zero-order valence-corrected chi connectivity index (χ0v) is 38.8. The number of thiophene rings is 3. The first-order valence-corrected chi connectivity index (χ1v) is 22.9. The van der Waals surface area contributed by atoms with Gasteiger partial charge in [-0.3, -0.25) is 9.59 Å². The van der Waals surface area contributed by atoms with Gasteiger partial charge in [0.2, 0.25) is 0 Å². The van der Waals surface area contributed by atoms with E-state index in [2.05, 4.69) is 168 Å². The molecule has 8 rings (SSSR count). The second kappa shape index (κ2) is 14.6. The second-order valence-electron chi connectivity index (χ2n) is 20.0. The molecule has 0 amide bonds. The fourth-order valence-electron chi connectivity index (χ4n) is 8.04. The zero-order valence-electron chi connectivity index (χ0n) is 36.4. The molecule has 0 fully saturated rings. The molecule has 0 spiro atoms. The molecular formula is C52H54O4S3. The van der Waals surface area contributed by atoms with Crippen LogP contribution < -0.4 is 9.47 Å². The molecule has 2 aliphatic carbocycles. The highest BCUT2D eigenvalue weighted by Crippen LogP contribution is 2.57. The summed E-state index contributed by atoms with van der Waals surface area (Å²) in [6, 6.07) is 21.6. The van der Waals surface area contributed by atoms with Crippen molar-refractivity contribution in [1.29, 1.82) is 0 Å². The number of ketones is 2. The molecule has 59 heavy (non-hydrogen) atoms. The minimum Gasteiger partial charge on any atom is -0.485 e. The highest BCUT2D eigenvalue weighted by Gasteiger charge is 2.39. The van der Waals surface area contributed by atoms with Gasteiger partial charge in [0, 0.05) is 52.6 Å². The number of hydrogen-bond donors (Lipinski definition) is 0. The Morgan fingerprint density at radius 3 is 1.10 bits per heavy atom. The normalized spacial score (nSPS) is 16.7. The van der Waals surface area contributed by atoms with Gasteiger partial charge in [-0.1, -0.05) is 119 Å². The number of fused-ring (bicyclic) bond motifs is 3. The third-order valence-electron chi connectivity index (χ3n) is 11.2. The Hall–Kier alpha value is -4.56. The van der Waals surface area contributed by atoms with Crippen LogP contribution in [0.1, 0.15) is 103 Å². The average molecular weight is 839 g/mol. The van der Waals surface area contributed by atoms with E-state index in [1.807, 2.05) is 0 Å². The predicted molar refractivity (Wildman–Crippen MR) is 251 cm³/mol. The highest BCUT2D eigenvalue weighted by atomic mass is 32.1. The topological polar surface area (TPSA) is 52.6 Å². The SMILES string of the molecule is CC(C)(C)C1=CC(=C(c2cc3ccccc3s2)c2sc(C(=C3C=C(C(C)(C)C)C(=O)C(C(C)(C)C)=C3)c3cc4ccccc4s3)c3c2OCCO3)C=C(C(C)(C)C)C1=O. The van der Waals surface area contributed by atoms with Gasteiger partial charge in [0.1, 0.15) is 13.2 Å². The Balaban J connectivity index is 1.52. The molecule has 0 bridgehead atoms. The second-order valence-corrected chi connectivity index (χ2v) is 23.2. The standard InChI is InChI=1S/C52H54O4S3/c1-49(2,3)33-23-31(24-34(43(33)53)50(4,5)6)41(39-27-29-17-13-15-19-37(29)57-39)47-45-46(56-22-21-55-45)48(59-47)42(40-28-30-18-14-16-20-38(30)58-40)32-25-35(51(7,8)9)44(54)36(26-32)52(10,11)12/h13-20,23-28H,21-22H2,1-12H3. The molecule has 304 valence electrons. The van der Waals surface area contributed by atoms with Crippen LogP contribution in [0.3, 0.4) is 0 Å².